The predicted octanol–water partition coefficient (Wildman–Crippen LogP) is 2.74. The number of ketones is 1. The Balaban J connectivity index is 2.06. The molecule has 0 aliphatic carbocycles. The molecule has 0 aliphatic rings. The Hall–Kier alpha value is -1.62. The number of hydrogen-bond acceptors (Lipinski definition) is 5. The van der Waals surface area contributed by atoms with Crippen LogP contribution in [-0.4, -0.2) is 21.2 Å². The van der Waals surface area contributed by atoms with Crippen molar-refractivity contribution < 1.29 is 9.21 Å². The van der Waals surface area contributed by atoms with E-state index in [-0.39, 0.29) is 11.0 Å². The highest BCUT2D eigenvalue weighted by Gasteiger charge is 2.18. The van der Waals surface area contributed by atoms with E-state index in [4.69, 9.17) is 4.42 Å². The molecule has 0 amide bonds. The first-order valence-corrected chi connectivity index (χ1v) is 6.11. The molecule has 88 valence electrons. The number of carbonyl (C=O) groups excluding carboxylic acids is 1. The Kier molecular flexibility index (Phi) is 3.58. The minimum Gasteiger partial charge on any atom is -0.416 e. The topological polar surface area (TPSA) is 56.0 Å². The van der Waals surface area contributed by atoms with Gasteiger partial charge in [-0.15, -0.1) is 10.2 Å². The van der Waals surface area contributed by atoms with Gasteiger partial charge < -0.3 is 4.42 Å². The molecule has 0 bridgehead atoms. The smallest absolute Gasteiger partial charge is 0.277 e. The molecule has 17 heavy (non-hydrogen) atoms. The second-order valence-electron chi connectivity index (χ2n) is 3.58. The van der Waals surface area contributed by atoms with E-state index in [1.54, 1.807) is 19.1 Å². The summed E-state index contributed by atoms with van der Waals surface area (Å²) in [6.45, 7) is 3.56. The van der Waals surface area contributed by atoms with Gasteiger partial charge in [0.25, 0.3) is 5.22 Å². The van der Waals surface area contributed by atoms with Crippen LogP contribution in [0.3, 0.4) is 0 Å². The lowest BCUT2D eigenvalue weighted by Crippen LogP contribution is -2.13. The zero-order valence-electron chi connectivity index (χ0n) is 9.58. The van der Waals surface area contributed by atoms with Crippen LogP contribution in [0.1, 0.15) is 23.2 Å². The van der Waals surface area contributed by atoms with Crippen molar-refractivity contribution in [1.29, 1.82) is 0 Å². The summed E-state index contributed by atoms with van der Waals surface area (Å²) in [5.74, 6) is 0.568. The largest absolute Gasteiger partial charge is 0.416 e. The summed E-state index contributed by atoms with van der Waals surface area (Å²) >= 11 is 1.28. The first-order chi connectivity index (χ1) is 8.16. The number of rotatable bonds is 4. The quantitative estimate of drug-likeness (QED) is 0.615. The lowest BCUT2D eigenvalue weighted by molar-refractivity contribution is 0.0993. The summed E-state index contributed by atoms with van der Waals surface area (Å²) in [6.07, 6.45) is 0. The Bertz CT molecular complexity index is 510. The van der Waals surface area contributed by atoms with Gasteiger partial charge in [-0.2, -0.15) is 0 Å². The van der Waals surface area contributed by atoms with Gasteiger partial charge in [0.1, 0.15) is 0 Å². The lowest BCUT2D eigenvalue weighted by Gasteiger charge is -2.06. The zero-order chi connectivity index (χ0) is 12.3. The second-order valence-corrected chi connectivity index (χ2v) is 4.87. The number of aromatic nitrogens is 2. The van der Waals surface area contributed by atoms with Crippen molar-refractivity contribution in [2.75, 3.05) is 0 Å². The average molecular weight is 248 g/mol. The van der Waals surface area contributed by atoms with Crippen molar-refractivity contribution in [3.05, 3.63) is 41.8 Å². The van der Waals surface area contributed by atoms with Gasteiger partial charge in [0.05, 0.1) is 5.25 Å². The number of benzene rings is 1. The van der Waals surface area contributed by atoms with Crippen molar-refractivity contribution in [1.82, 2.24) is 10.2 Å². The maximum atomic E-state index is 12.0. The fraction of sp³-hybridized carbons (Fsp3) is 0.250. The lowest BCUT2D eigenvalue weighted by atomic mass is 10.1. The maximum Gasteiger partial charge on any atom is 0.277 e. The third kappa shape index (κ3) is 2.94. The molecule has 4 nitrogen and oxygen atoms in total. The summed E-state index contributed by atoms with van der Waals surface area (Å²) < 4.78 is 5.23. The van der Waals surface area contributed by atoms with Crippen LogP contribution in [0.4, 0.5) is 0 Å². The Morgan fingerprint density at radius 1 is 1.29 bits per heavy atom. The molecule has 1 aromatic heterocycles. The van der Waals surface area contributed by atoms with E-state index in [1.807, 2.05) is 25.1 Å². The van der Waals surface area contributed by atoms with Crippen LogP contribution in [0, 0.1) is 6.92 Å². The molecule has 5 heteroatoms. The van der Waals surface area contributed by atoms with Gasteiger partial charge in [0.2, 0.25) is 5.89 Å². The Morgan fingerprint density at radius 2 is 2.00 bits per heavy atom. The van der Waals surface area contributed by atoms with E-state index in [1.165, 1.54) is 11.8 Å². The Morgan fingerprint density at radius 3 is 2.59 bits per heavy atom. The first kappa shape index (κ1) is 11.9. The fourth-order valence-electron chi connectivity index (χ4n) is 1.37. The van der Waals surface area contributed by atoms with Crippen molar-refractivity contribution >= 4 is 17.5 Å². The molecule has 0 unspecified atom stereocenters. The molecule has 1 aromatic carbocycles. The molecule has 0 fully saturated rings. The summed E-state index contributed by atoms with van der Waals surface area (Å²) in [5, 5.41) is 7.77. The molecule has 0 aliphatic heterocycles. The third-order valence-electron chi connectivity index (χ3n) is 2.21. The third-order valence-corrected chi connectivity index (χ3v) is 3.15. The number of hydrogen-bond donors (Lipinski definition) is 0. The van der Waals surface area contributed by atoms with E-state index in [0.29, 0.717) is 16.7 Å². The molecule has 2 rings (SSSR count). The van der Waals surface area contributed by atoms with Gasteiger partial charge in [-0.05, 0) is 6.92 Å². The number of carbonyl (C=O) groups is 1. The number of aryl methyl sites for hydroxylation is 1. The summed E-state index contributed by atoms with van der Waals surface area (Å²) in [7, 11) is 0. The van der Waals surface area contributed by atoms with Crippen LogP contribution < -0.4 is 0 Å². The number of thioether (sulfide) groups is 1. The summed E-state index contributed by atoms with van der Waals surface area (Å²) in [6, 6.07) is 9.19. The highest BCUT2D eigenvalue weighted by atomic mass is 32.2. The summed E-state index contributed by atoms with van der Waals surface area (Å²) in [5.41, 5.74) is 0.698. The fourth-order valence-corrected chi connectivity index (χ4v) is 2.17. The predicted molar refractivity (Wildman–Crippen MR) is 65.1 cm³/mol. The van der Waals surface area contributed by atoms with Gasteiger partial charge in [0, 0.05) is 12.5 Å². The van der Waals surface area contributed by atoms with Gasteiger partial charge in [0.15, 0.2) is 5.78 Å². The maximum absolute atomic E-state index is 12.0. The van der Waals surface area contributed by atoms with E-state index < -0.39 is 0 Å². The molecule has 1 heterocycles. The molecule has 0 saturated heterocycles. The van der Waals surface area contributed by atoms with Crippen molar-refractivity contribution in [2.24, 2.45) is 0 Å². The van der Waals surface area contributed by atoms with Crippen LogP contribution in [0.25, 0.3) is 0 Å². The average Bonchev–Trinajstić information content (AvgIpc) is 2.75. The molecule has 0 N–H and O–H groups in total. The minimum atomic E-state index is -0.239. The number of nitrogens with zero attached hydrogens (tertiary/aromatic N) is 2. The van der Waals surface area contributed by atoms with E-state index >= 15 is 0 Å². The van der Waals surface area contributed by atoms with E-state index in [9.17, 15) is 4.79 Å². The van der Waals surface area contributed by atoms with E-state index in [0.717, 1.165) is 0 Å². The summed E-state index contributed by atoms with van der Waals surface area (Å²) in [4.78, 5) is 12.0. The van der Waals surface area contributed by atoms with Gasteiger partial charge in [-0.1, -0.05) is 42.1 Å². The molecule has 0 spiro atoms. The van der Waals surface area contributed by atoms with E-state index in [2.05, 4.69) is 10.2 Å². The van der Waals surface area contributed by atoms with Crippen molar-refractivity contribution in [3.8, 4) is 0 Å². The van der Waals surface area contributed by atoms with Crippen LogP contribution >= 0.6 is 11.8 Å². The van der Waals surface area contributed by atoms with Crippen molar-refractivity contribution in [3.63, 3.8) is 0 Å². The van der Waals surface area contributed by atoms with Crippen molar-refractivity contribution in [2.45, 2.75) is 24.3 Å². The highest BCUT2D eigenvalue weighted by molar-refractivity contribution is 8.00. The molecule has 2 aromatic rings. The van der Waals surface area contributed by atoms with Crippen LogP contribution in [0.2, 0.25) is 0 Å². The van der Waals surface area contributed by atoms with Gasteiger partial charge >= 0.3 is 0 Å². The Labute approximate surface area is 103 Å². The molecule has 1 atom stereocenters. The highest BCUT2D eigenvalue weighted by Crippen LogP contribution is 2.24. The minimum absolute atomic E-state index is 0.0615. The zero-order valence-corrected chi connectivity index (χ0v) is 10.4. The first-order valence-electron chi connectivity index (χ1n) is 5.23. The molecular formula is C12H12N2O2S. The molecular weight excluding hydrogens is 236 g/mol. The normalized spacial score (nSPS) is 12.4. The van der Waals surface area contributed by atoms with Gasteiger partial charge in [-0.25, -0.2) is 0 Å². The second kappa shape index (κ2) is 5.14. The molecule has 0 saturated carbocycles. The number of Topliss-reactive ketones (excluding diaryl/α,β-unsaturated/α-hetero) is 1. The van der Waals surface area contributed by atoms with Crippen LogP contribution in [0.15, 0.2) is 40.0 Å². The van der Waals surface area contributed by atoms with Gasteiger partial charge in [-0.3, -0.25) is 4.79 Å². The van der Waals surface area contributed by atoms with Crippen LogP contribution in [0.5, 0.6) is 0 Å². The SMILES string of the molecule is Cc1nnc(S[C@@H](C)C(=O)c2ccccc2)o1. The monoisotopic (exact) mass is 248 g/mol. The van der Waals surface area contributed by atoms with Crippen LogP contribution in [-0.2, 0) is 0 Å². The standard InChI is InChI=1S/C12H12N2O2S/c1-8(17-12-14-13-9(2)16-12)11(15)10-6-4-3-5-7-10/h3-8H,1-2H3/t8-/m0/s1. The molecule has 0 radical (unpaired) electrons.